The molecular formula is C17H14ClN3O3. The van der Waals surface area contributed by atoms with Crippen LogP contribution in [-0.2, 0) is 4.74 Å². The number of morpholine rings is 1. The fourth-order valence-corrected chi connectivity index (χ4v) is 3.25. The summed E-state index contributed by atoms with van der Waals surface area (Å²) in [6.45, 7) is 2.65. The molecule has 3 aromatic rings. The lowest BCUT2D eigenvalue weighted by Gasteiger charge is -2.29. The summed E-state index contributed by atoms with van der Waals surface area (Å²) in [6, 6.07) is 5.32. The van der Waals surface area contributed by atoms with Gasteiger partial charge in [-0.25, -0.2) is 9.78 Å². The number of carboxylic acid groups (broad SMARTS) is 1. The zero-order chi connectivity index (χ0) is 16.7. The van der Waals surface area contributed by atoms with Gasteiger partial charge in [0.05, 0.1) is 24.3 Å². The standard InChI is InChI=1S/C17H14ClN3O3/c18-10-1-2-14-11(7-10)15-12(8-19-9-13(15)17(22)23)16(20-14)21-3-5-24-6-4-21/h1-2,7-9H,3-6H2,(H,22,23). The molecule has 0 radical (unpaired) electrons. The second-order valence-electron chi connectivity index (χ2n) is 5.61. The number of rotatable bonds is 2. The van der Waals surface area contributed by atoms with Crippen LogP contribution in [0.15, 0.2) is 30.6 Å². The summed E-state index contributed by atoms with van der Waals surface area (Å²) in [4.78, 5) is 22.7. The Morgan fingerprint density at radius 2 is 2.00 bits per heavy atom. The summed E-state index contributed by atoms with van der Waals surface area (Å²) in [5.41, 5.74) is 0.860. The Balaban J connectivity index is 2.10. The number of carboxylic acids is 1. The Morgan fingerprint density at radius 1 is 1.21 bits per heavy atom. The lowest BCUT2D eigenvalue weighted by Crippen LogP contribution is -2.37. The van der Waals surface area contributed by atoms with Crippen LogP contribution in [0.25, 0.3) is 21.7 Å². The molecule has 6 nitrogen and oxygen atoms in total. The number of anilines is 1. The second-order valence-corrected chi connectivity index (χ2v) is 6.05. The van der Waals surface area contributed by atoms with Crippen LogP contribution in [0.5, 0.6) is 0 Å². The SMILES string of the molecule is O=C(O)c1cncc2c(N3CCOCC3)nc3ccc(Cl)cc3c12. The van der Waals surface area contributed by atoms with E-state index in [1.165, 1.54) is 6.20 Å². The highest BCUT2D eigenvalue weighted by atomic mass is 35.5. The molecule has 122 valence electrons. The number of aromatic nitrogens is 2. The molecular weight excluding hydrogens is 330 g/mol. The van der Waals surface area contributed by atoms with Crippen molar-refractivity contribution < 1.29 is 14.6 Å². The van der Waals surface area contributed by atoms with Crippen molar-refractivity contribution in [3.8, 4) is 0 Å². The largest absolute Gasteiger partial charge is 0.478 e. The van der Waals surface area contributed by atoms with Crippen molar-refractivity contribution >= 4 is 45.1 Å². The molecule has 1 N–H and O–H groups in total. The molecule has 0 atom stereocenters. The van der Waals surface area contributed by atoms with Crippen molar-refractivity contribution in [2.24, 2.45) is 0 Å². The Kier molecular flexibility index (Phi) is 3.70. The number of halogens is 1. The molecule has 24 heavy (non-hydrogen) atoms. The fraction of sp³-hybridized carbons (Fsp3) is 0.235. The Bertz CT molecular complexity index is 955. The number of hydrogen-bond donors (Lipinski definition) is 1. The molecule has 7 heteroatoms. The van der Waals surface area contributed by atoms with E-state index in [9.17, 15) is 9.90 Å². The maximum absolute atomic E-state index is 11.7. The van der Waals surface area contributed by atoms with Crippen LogP contribution in [-0.4, -0.2) is 47.3 Å². The first kappa shape index (κ1) is 15.1. The predicted molar refractivity (Wildman–Crippen MR) is 92.0 cm³/mol. The third-order valence-corrected chi connectivity index (χ3v) is 4.42. The van der Waals surface area contributed by atoms with Crippen LogP contribution in [0.1, 0.15) is 10.4 Å². The monoisotopic (exact) mass is 343 g/mol. The van der Waals surface area contributed by atoms with Gasteiger partial charge in [0.15, 0.2) is 0 Å². The van der Waals surface area contributed by atoms with Crippen molar-refractivity contribution in [3.05, 3.63) is 41.2 Å². The molecule has 0 amide bonds. The molecule has 0 spiro atoms. The third-order valence-electron chi connectivity index (χ3n) is 4.18. The number of aromatic carboxylic acids is 1. The number of ether oxygens (including phenoxy) is 1. The van der Waals surface area contributed by atoms with E-state index in [1.807, 2.05) is 6.07 Å². The van der Waals surface area contributed by atoms with E-state index in [-0.39, 0.29) is 5.56 Å². The fourth-order valence-electron chi connectivity index (χ4n) is 3.08. The lowest BCUT2D eigenvalue weighted by atomic mass is 10.0. The first-order valence-electron chi connectivity index (χ1n) is 7.58. The topological polar surface area (TPSA) is 75.5 Å². The van der Waals surface area contributed by atoms with E-state index in [0.29, 0.717) is 53.0 Å². The zero-order valence-corrected chi connectivity index (χ0v) is 13.5. The maximum atomic E-state index is 11.7. The lowest BCUT2D eigenvalue weighted by molar-refractivity contribution is 0.0698. The zero-order valence-electron chi connectivity index (χ0n) is 12.7. The minimum absolute atomic E-state index is 0.150. The van der Waals surface area contributed by atoms with E-state index in [4.69, 9.17) is 21.3 Å². The summed E-state index contributed by atoms with van der Waals surface area (Å²) in [7, 11) is 0. The van der Waals surface area contributed by atoms with Gasteiger partial charge in [-0.2, -0.15) is 0 Å². The van der Waals surface area contributed by atoms with E-state index < -0.39 is 5.97 Å². The van der Waals surface area contributed by atoms with E-state index in [2.05, 4.69) is 9.88 Å². The van der Waals surface area contributed by atoms with Gasteiger partial charge in [-0.3, -0.25) is 4.98 Å². The number of fused-ring (bicyclic) bond motifs is 3. The predicted octanol–water partition coefficient (Wildman–Crippen LogP) is 2.97. The molecule has 0 bridgehead atoms. The van der Waals surface area contributed by atoms with Gasteiger partial charge >= 0.3 is 5.97 Å². The molecule has 0 saturated carbocycles. The highest BCUT2D eigenvalue weighted by Crippen LogP contribution is 2.34. The first-order valence-corrected chi connectivity index (χ1v) is 7.96. The summed E-state index contributed by atoms with van der Waals surface area (Å²) in [5, 5.41) is 12.2. The first-order chi connectivity index (χ1) is 11.6. The molecule has 1 aromatic carbocycles. The van der Waals surface area contributed by atoms with E-state index in [0.717, 1.165) is 5.82 Å². The average Bonchev–Trinajstić information content (AvgIpc) is 2.61. The highest BCUT2D eigenvalue weighted by Gasteiger charge is 2.21. The smallest absolute Gasteiger partial charge is 0.337 e. The Hall–Kier alpha value is -2.44. The van der Waals surface area contributed by atoms with Gasteiger partial charge < -0.3 is 14.7 Å². The Labute approximate surface area is 142 Å². The maximum Gasteiger partial charge on any atom is 0.337 e. The van der Waals surface area contributed by atoms with Crippen molar-refractivity contribution in [3.63, 3.8) is 0 Å². The minimum atomic E-state index is -1.02. The second kappa shape index (κ2) is 5.89. The number of pyridine rings is 2. The normalized spacial score (nSPS) is 15.1. The molecule has 1 aliphatic heterocycles. The molecule has 0 aliphatic carbocycles. The third kappa shape index (κ3) is 2.44. The van der Waals surface area contributed by atoms with E-state index >= 15 is 0 Å². The molecule has 1 saturated heterocycles. The van der Waals surface area contributed by atoms with Crippen LogP contribution in [0.3, 0.4) is 0 Å². The molecule has 2 aromatic heterocycles. The highest BCUT2D eigenvalue weighted by molar-refractivity contribution is 6.32. The van der Waals surface area contributed by atoms with Gasteiger partial charge in [0.25, 0.3) is 0 Å². The molecule has 1 aliphatic rings. The van der Waals surface area contributed by atoms with Gasteiger partial charge in [-0.1, -0.05) is 11.6 Å². The minimum Gasteiger partial charge on any atom is -0.478 e. The number of hydrogen-bond acceptors (Lipinski definition) is 5. The quantitative estimate of drug-likeness (QED) is 0.721. The number of carbonyl (C=O) groups is 1. The summed E-state index contributed by atoms with van der Waals surface area (Å²) in [5.74, 6) is -0.285. The van der Waals surface area contributed by atoms with Gasteiger partial charge in [0.2, 0.25) is 0 Å². The van der Waals surface area contributed by atoms with Crippen LogP contribution in [0.2, 0.25) is 5.02 Å². The van der Waals surface area contributed by atoms with Crippen LogP contribution in [0.4, 0.5) is 5.82 Å². The van der Waals surface area contributed by atoms with Crippen molar-refractivity contribution in [1.82, 2.24) is 9.97 Å². The average molecular weight is 344 g/mol. The molecule has 3 heterocycles. The van der Waals surface area contributed by atoms with Crippen molar-refractivity contribution in [2.75, 3.05) is 31.2 Å². The summed E-state index contributed by atoms with van der Waals surface area (Å²) in [6.07, 6.45) is 3.04. The molecule has 4 rings (SSSR count). The van der Waals surface area contributed by atoms with Gasteiger partial charge in [0.1, 0.15) is 5.82 Å². The van der Waals surface area contributed by atoms with Crippen molar-refractivity contribution in [2.45, 2.75) is 0 Å². The van der Waals surface area contributed by atoms with Gasteiger partial charge in [0, 0.05) is 46.7 Å². The number of benzene rings is 1. The van der Waals surface area contributed by atoms with Gasteiger partial charge in [-0.05, 0) is 18.2 Å². The Morgan fingerprint density at radius 3 is 2.75 bits per heavy atom. The summed E-state index contributed by atoms with van der Waals surface area (Å²) < 4.78 is 5.40. The molecule has 0 unspecified atom stereocenters. The van der Waals surface area contributed by atoms with Crippen LogP contribution < -0.4 is 4.90 Å². The van der Waals surface area contributed by atoms with E-state index in [1.54, 1.807) is 18.3 Å². The van der Waals surface area contributed by atoms with Crippen LogP contribution >= 0.6 is 11.6 Å². The van der Waals surface area contributed by atoms with Crippen LogP contribution in [0, 0.1) is 0 Å². The summed E-state index contributed by atoms with van der Waals surface area (Å²) >= 11 is 6.12. The number of nitrogens with zero attached hydrogens (tertiary/aromatic N) is 3. The molecule has 1 fully saturated rings. The van der Waals surface area contributed by atoms with Crippen molar-refractivity contribution in [1.29, 1.82) is 0 Å². The van der Waals surface area contributed by atoms with Gasteiger partial charge in [-0.15, -0.1) is 0 Å².